The summed E-state index contributed by atoms with van der Waals surface area (Å²) < 4.78 is 1.85. The molecule has 0 radical (unpaired) electrons. The number of amides is 1. The van der Waals surface area contributed by atoms with E-state index in [1.54, 1.807) is 18.5 Å². The first-order valence-corrected chi connectivity index (χ1v) is 9.43. The zero-order chi connectivity index (χ0) is 18.9. The summed E-state index contributed by atoms with van der Waals surface area (Å²) in [4.78, 5) is 19.4. The molecular weight excluding hydrogens is 348 g/mol. The predicted molar refractivity (Wildman–Crippen MR) is 111 cm³/mol. The van der Waals surface area contributed by atoms with E-state index in [2.05, 4.69) is 45.5 Å². The molecule has 1 amide bonds. The quantitative estimate of drug-likeness (QED) is 0.589. The topological polar surface area (TPSA) is 49.6 Å². The van der Waals surface area contributed by atoms with Crippen molar-refractivity contribution < 1.29 is 4.79 Å². The number of nitrogens with zero attached hydrogens (tertiary/aromatic N) is 3. The molecule has 2 aromatic heterocycles. The van der Waals surface area contributed by atoms with Gasteiger partial charge in [0.25, 0.3) is 5.91 Å². The Kier molecular flexibility index (Phi) is 4.05. The number of carbonyl (C=O) groups is 1. The third-order valence-corrected chi connectivity index (χ3v) is 5.26. The average molecular weight is 368 g/mol. The van der Waals surface area contributed by atoms with Crippen molar-refractivity contribution in [1.82, 2.24) is 9.38 Å². The number of imidazole rings is 1. The van der Waals surface area contributed by atoms with Crippen LogP contribution in [0.5, 0.6) is 0 Å². The van der Waals surface area contributed by atoms with Crippen molar-refractivity contribution in [2.45, 2.75) is 13.0 Å². The molecule has 5 rings (SSSR count). The third-order valence-electron chi connectivity index (χ3n) is 5.26. The smallest absolute Gasteiger partial charge is 0.257 e. The molecule has 0 saturated carbocycles. The van der Waals surface area contributed by atoms with Gasteiger partial charge in [0.05, 0.1) is 5.56 Å². The number of aromatic nitrogens is 2. The van der Waals surface area contributed by atoms with E-state index in [-0.39, 0.29) is 5.91 Å². The van der Waals surface area contributed by atoms with Crippen LogP contribution in [0.25, 0.3) is 5.65 Å². The highest BCUT2D eigenvalue weighted by Gasteiger charge is 2.19. The molecule has 5 heteroatoms. The van der Waals surface area contributed by atoms with E-state index in [4.69, 9.17) is 0 Å². The molecule has 2 aromatic carbocycles. The molecule has 1 aliphatic rings. The minimum Gasteiger partial charge on any atom is -0.367 e. The number of benzene rings is 2. The maximum Gasteiger partial charge on any atom is 0.257 e. The maximum absolute atomic E-state index is 12.8. The van der Waals surface area contributed by atoms with Gasteiger partial charge in [0.15, 0.2) is 0 Å². The maximum atomic E-state index is 12.8. The molecule has 0 atom stereocenters. The van der Waals surface area contributed by atoms with Crippen LogP contribution >= 0.6 is 0 Å². The summed E-state index contributed by atoms with van der Waals surface area (Å²) in [5.74, 6) is -0.120. The van der Waals surface area contributed by atoms with Crippen molar-refractivity contribution in [2.24, 2.45) is 0 Å². The Bertz CT molecular complexity index is 1160. The molecule has 5 nitrogen and oxygen atoms in total. The van der Waals surface area contributed by atoms with Gasteiger partial charge in [0.1, 0.15) is 5.65 Å². The summed E-state index contributed by atoms with van der Waals surface area (Å²) >= 11 is 0. The first-order valence-electron chi connectivity index (χ1n) is 9.43. The molecule has 0 saturated heterocycles. The normalized spacial score (nSPS) is 12.9. The number of nitrogens with one attached hydrogen (secondary N) is 1. The van der Waals surface area contributed by atoms with E-state index in [9.17, 15) is 4.79 Å². The molecule has 1 N–H and O–H groups in total. The predicted octanol–water partition coefficient (Wildman–Crippen LogP) is 4.15. The van der Waals surface area contributed by atoms with Crippen LogP contribution in [-0.4, -0.2) is 21.8 Å². The molecule has 0 aliphatic carbocycles. The number of fused-ring (bicyclic) bond motifs is 2. The van der Waals surface area contributed by atoms with Gasteiger partial charge in [0, 0.05) is 43.1 Å². The fourth-order valence-electron chi connectivity index (χ4n) is 3.81. The van der Waals surface area contributed by atoms with Crippen molar-refractivity contribution in [2.75, 3.05) is 16.8 Å². The van der Waals surface area contributed by atoms with Crippen LogP contribution in [0.4, 0.5) is 11.4 Å². The van der Waals surface area contributed by atoms with Crippen LogP contribution in [-0.2, 0) is 13.0 Å². The van der Waals surface area contributed by atoms with Crippen molar-refractivity contribution in [3.8, 4) is 0 Å². The summed E-state index contributed by atoms with van der Waals surface area (Å²) in [5, 5.41) is 3.08. The van der Waals surface area contributed by atoms with Crippen LogP contribution in [0.2, 0.25) is 0 Å². The molecule has 3 heterocycles. The molecule has 4 aromatic rings. The second-order valence-electron chi connectivity index (χ2n) is 7.02. The van der Waals surface area contributed by atoms with Crippen LogP contribution in [0.15, 0.2) is 79.3 Å². The Morgan fingerprint density at radius 3 is 2.86 bits per heavy atom. The second-order valence-corrected chi connectivity index (χ2v) is 7.02. The highest BCUT2D eigenvalue weighted by atomic mass is 16.1. The number of hydrogen-bond donors (Lipinski definition) is 1. The minimum absolute atomic E-state index is 0.120. The Morgan fingerprint density at radius 2 is 1.89 bits per heavy atom. The van der Waals surface area contributed by atoms with E-state index in [0.29, 0.717) is 5.56 Å². The van der Waals surface area contributed by atoms with Crippen LogP contribution in [0, 0.1) is 0 Å². The lowest BCUT2D eigenvalue weighted by atomic mass is 10.1. The van der Waals surface area contributed by atoms with Gasteiger partial charge in [-0.15, -0.1) is 0 Å². The summed E-state index contributed by atoms with van der Waals surface area (Å²) in [5.41, 5.74) is 6.06. The number of para-hydroxylation sites is 2. The minimum atomic E-state index is -0.120. The largest absolute Gasteiger partial charge is 0.367 e. The standard InChI is InChI=1S/C23H20N4O/c28-23(19-9-10-22-24-12-14-27(22)16-19)25-20-7-3-1-6-18(20)15-26-13-11-17-5-2-4-8-21(17)26/h1-10,12,14,16H,11,13,15H2,(H,25,28). The fourth-order valence-corrected chi connectivity index (χ4v) is 3.81. The van der Waals surface area contributed by atoms with Crippen molar-refractivity contribution >= 4 is 22.9 Å². The lowest BCUT2D eigenvalue weighted by molar-refractivity contribution is 0.102. The van der Waals surface area contributed by atoms with Gasteiger partial charge in [-0.05, 0) is 41.8 Å². The Morgan fingerprint density at radius 1 is 1.04 bits per heavy atom. The van der Waals surface area contributed by atoms with Gasteiger partial charge in [0.2, 0.25) is 0 Å². The summed E-state index contributed by atoms with van der Waals surface area (Å²) in [7, 11) is 0. The summed E-state index contributed by atoms with van der Waals surface area (Å²) in [6.07, 6.45) is 6.43. The SMILES string of the molecule is O=C(Nc1ccccc1CN1CCc2ccccc21)c1ccc2nccn2c1. The third kappa shape index (κ3) is 3.01. The zero-order valence-corrected chi connectivity index (χ0v) is 15.4. The molecule has 0 bridgehead atoms. The molecule has 0 unspecified atom stereocenters. The van der Waals surface area contributed by atoms with Crippen LogP contribution in [0.1, 0.15) is 21.5 Å². The zero-order valence-electron chi connectivity index (χ0n) is 15.4. The van der Waals surface area contributed by atoms with Gasteiger partial charge >= 0.3 is 0 Å². The first kappa shape index (κ1) is 16.6. The van der Waals surface area contributed by atoms with Crippen LogP contribution < -0.4 is 10.2 Å². The lowest BCUT2D eigenvalue weighted by Crippen LogP contribution is -2.21. The van der Waals surface area contributed by atoms with Crippen molar-refractivity contribution in [3.63, 3.8) is 0 Å². The van der Waals surface area contributed by atoms with Crippen LogP contribution in [0.3, 0.4) is 0 Å². The average Bonchev–Trinajstić information content (AvgIpc) is 3.36. The Labute approximate surface area is 163 Å². The second kappa shape index (κ2) is 6.85. The van der Waals surface area contributed by atoms with Crippen molar-refractivity contribution in [3.05, 3.63) is 95.9 Å². The number of carbonyl (C=O) groups excluding carboxylic acids is 1. The highest BCUT2D eigenvalue weighted by molar-refractivity contribution is 6.04. The Hall–Kier alpha value is -3.60. The first-order chi connectivity index (χ1) is 13.8. The van der Waals surface area contributed by atoms with E-state index in [0.717, 1.165) is 36.4 Å². The van der Waals surface area contributed by atoms with Gasteiger partial charge in [-0.1, -0.05) is 36.4 Å². The molecule has 1 aliphatic heterocycles. The van der Waals surface area contributed by atoms with Crippen molar-refractivity contribution in [1.29, 1.82) is 0 Å². The van der Waals surface area contributed by atoms with Gasteiger partial charge in [-0.25, -0.2) is 4.98 Å². The number of anilines is 2. The molecule has 0 spiro atoms. The number of pyridine rings is 1. The summed E-state index contributed by atoms with van der Waals surface area (Å²) in [6.45, 7) is 1.77. The van der Waals surface area contributed by atoms with E-state index < -0.39 is 0 Å². The van der Waals surface area contributed by atoms with E-state index in [1.165, 1.54) is 11.3 Å². The number of hydrogen-bond acceptors (Lipinski definition) is 3. The van der Waals surface area contributed by atoms with Gasteiger partial charge in [-0.2, -0.15) is 0 Å². The number of rotatable bonds is 4. The molecule has 138 valence electrons. The molecule has 0 fully saturated rings. The van der Waals surface area contributed by atoms with Gasteiger partial charge in [-0.3, -0.25) is 4.79 Å². The van der Waals surface area contributed by atoms with Gasteiger partial charge < -0.3 is 14.6 Å². The highest BCUT2D eigenvalue weighted by Crippen LogP contribution is 2.30. The molecule has 28 heavy (non-hydrogen) atoms. The lowest BCUT2D eigenvalue weighted by Gasteiger charge is -2.21. The monoisotopic (exact) mass is 368 g/mol. The summed E-state index contributed by atoms with van der Waals surface area (Å²) in [6, 6.07) is 20.2. The molecular formula is C23H20N4O. The van der Waals surface area contributed by atoms with E-state index in [1.807, 2.05) is 34.9 Å². The fraction of sp³-hybridized carbons (Fsp3) is 0.130. The Balaban J connectivity index is 1.38. The van der Waals surface area contributed by atoms with E-state index >= 15 is 0 Å².